The van der Waals surface area contributed by atoms with Crippen molar-refractivity contribution in [2.24, 2.45) is 0 Å². The van der Waals surface area contributed by atoms with E-state index in [1.807, 2.05) is 12.1 Å². The molecule has 1 aromatic carbocycles. The molecule has 7 heteroatoms. The first-order valence-electron chi connectivity index (χ1n) is 6.82. The molecule has 0 fully saturated rings. The monoisotopic (exact) mass is 352 g/mol. The zero-order valence-corrected chi connectivity index (χ0v) is 14.4. The highest BCUT2D eigenvalue weighted by atomic mass is 35.5. The molecule has 0 atom stereocenters. The summed E-state index contributed by atoms with van der Waals surface area (Å²) < 4.78 is 10.4. The Bertz CT molecular complexity index is 668. The predicted molar refractivity (Wildman–Crippen MR) is 93.6 cm³/mol. The van der Waals surface area contributed by atoms with Crippen LogP contribution >= 0.6 is 23.4 Å². The Morgan fingerprint density at radius 2 is 2.09 bits per heavy atom. The average Bonchev–Trinajstić information content (AvgIpc) is 2.57. The first-order chi connectivity index (χ1) is 11.1. The Morgan fingerprint density at radius 1 is 1.30 bits per heavy atom. The maximum absolute atomic E-state index is 12.1. The van der Waals surface area contributed by atoms with Crippen LogP contribution in [0.3, 0.4) is 0 Å². The maximum atomic E-state index is 12.1. The SMILES string of the molecule is COc1cc(NC(=O)CSCc2cccnc2)c(OC)cc1Cl. The lowest BCUT2D eigenvalue weighted by Gasteiger charge is -2.13. The third-order valence-electron chi connectivity index (χ3n) is 2.97. The maximum Gasteiger partial charge on any atom is 0.234 e. The molecule has 2 aromatic rings. The molecular weight excluding hydrogens is 336 g/mol. The summed E-state index contributed by atoms with van der Waals surface area (Å²) in [4.78, 5) is 16.1. The van der Waals surface area contributed by atoms with Gasteiger partial charge in [0.2, 0.25) is 5.91 Å². The van der Waals surface area contributed by atoms with Crippen molar-refractivity contribution >= 4 is 35.0 Å². The van der Waals surface area contributed by atoms with Gasteiger partial charge >= 0.3 is 0 Å². The van der Waals surface area contributed by atoms with E-state index in [9.17, 15) is 4.79 Å². The van der Waals surface area contributed by atoms with Crippen molar-refractivity contribution in [3.63, 3.8) is 0 Å². The minimum absolute atomic E-state index is 0.124. The third-order valence-corrected chi connectivity index (χ3v) is 4.27. The van der Waals surface area contributed by atoms with Crippen molar-refractivity contribution in [1.29, 1.82) is 0 Å². The number of amides is 1. The summed E-state index contributed by atoms with van der Waals surface area (Å²) in [5, 5.41) is 3.23. The number of carbonyl (C=O) groups excluding carboxylic acids is 1. The molecule has 0 unspecified atom stereocenters. The molecule has 5 nitrogen and oxygen atoms in total. The Kier molecular flexibility index (Phi) is 6.55. The van der Waals surface area contributed by atoms with Crippen LogP contribution in [0.4, 0.5) is 5.69 Å². The molecule has 2 rings (SSSR count). The molecule has 0 saturated heterocycles. The van der Waals surface area contributed by atoms with Crippen LogP contribution in [-0.2, 0) is 10.5 Å². The lowest BCUT2D eigenvalue weighted by atomic mass is 10.2. The van der Waals surface area contributed by atoms with E-state index in [2.05, 4.69) is 10.3 Å². The number of ether oxygens (including phenoxy) is 2. The molecule has 1 aromatic heterocycles. The quantitative estimate of drug-likeness (QED) is 0.824. The number of anilines is 1. The summed E-state index contributed by atoms with van der Waals surface area (Å²) in [6.45, 7) is 0. The predicted octanol–water partition coefficient (Wildman–Crippen LogP) is 3.62. The van der Waals surface area contributed by atoms with Gasteiger partial charge in [-0.25, -0.2) is 0 Å². The highest BCUT2D eigenvalue weighted by Crippen LogP contribution is 2.35. The van der Waals surface area contributed by atoms with Crippen LogP contribution in [0.5, 0.6) is 11.5 Å². The van der Waals surface area contributed by atoms with Gasteiger partial charge < -0.3 is 14.8 Å². The van der Waals surface area contributed by atoms with Crippen molar-refractivity contribution in [1.82, 2.24) is 4.98 Å². The molecule has 23 heavy (non-hydrogen) atoms. The first kappa shape index (κ1) is 17.4. The summed E-state index contributed by atoms with van der Waals surface area (Å²) in [5.41, 5.74) is 1.61. The number of benzene rings is 1. The Morgan fingerprint density at radius 3 is 2.74 bits per heavy atom. The summed E-state index contributed by atoms with van der Waals surface area (Å²) >= 11 is 7.55. The van der Waals surface area contributed by atoms with Crippen LogP contribution in [0.15, 0.2) is 36.7 Å². The Balaban J connectivity index is 1.94. The summed E-state index contributed by atoms with van der Waals surface area (Å²) in [5.74, 6) is 1.89. The molecule has 0 aliphatic heterocycles. The lowest BCUT2D eigenvalue weighted by Crippen LogP contribution is -2.15. The minimum atomic E-state index is -0.124. The molecule has 1 N–H and O–H groups in total. The molecule has 0 aliphatic carbocycles. The fraction of sp³-hybridized carbons (Fsp3) is 0.250. The van der Waals surface area contributed by atoms with E-state index < -0.39 is 0 Å². The van der Waals surface area contributed by atoms with Gasteiger partial charge in [-0.1, -0.05) is 17.7 Å². The van der Waals surface area contributed by atoms with Gasteiger partial charge in [0.1, 0.15) is 11.5 Å². The highest BCUT2D eigenvalue weighted by molar-refractivity contribution is 7.99. The molecule has 0 bridgehead atoms. The molecule has 0 saturated carbocycles. The number of hydrogen-bond donors (Lipinski definition) is 1. The highest BCUT2D eigenvalue weighted by Gasteiger charge is 2.12. The number of rotatable bonds is 7. The van der Waals surface area contributed by atoms with Gasteiger partial charge in [-0.15, -0.1) is 11.8 Å². The zero-order chi connectivity index (χ0) is 16.7. The van der Waals surface area contributed by atoms with Crippen molar-refractivity contribution in [3.8, 4) is 11.5 Å². The van der Waals surface area contributed by atoms with Gasteiger partial charge in [-0.3, -0.25) is 9.78 Å². The van der Waals surface area contributed by atoms with E-state index in [4.69, 9.17) is 21.1 Å². The van der Waals surface area contributed by atoms with Crippen molar-refractivity contribution in [3.05, 3.63) is 47.2 Å². The van der Waals surface area contributed by atoms with E-state index in [0.29, 0.717) is 28.0 Å². The van der Waals surface area contributed by atoms with Crippen LogP contribution < -0.4 is 14.8 Å². The van der Waals surface area contributed by atoms with Gasteiger partial charge in [0, 0.05) is 30.3 Å². The van der Waals surface area contributed by atoms with E-state index >= 15 is 0 Å². The summed E-state index contributed by atoms with van der Waals surface area (Å²) in [6, 6.07) is 7.11. The first-order valence-corrected chi connectivity index (χ1v) is 8.35. The van der Waals surface area contributed by atoms with E-state index in [1.165, 1.54) is 26.0 Å². The average molecular weight is 353 g/mol. The van der Waals surface area contributed by atoms with E-state index in [-0.39, 0.29) is 5.91 Å². The topological polar surface area (TPSA) is 60.5 Å². The number of nitrogens with one attached hydrogen (secondary N) is 1. The molecule has 1 amide bonds. The summed E-state index contributed by atoms with van der Waals surface area (Å²) in [7, 11) is 3.04. The minimum Gasteiger partial charge on any atom is -0.495 e. The van der Waals surface area contributed by atoms with E-state index in [1.54, 1.807) is 24.5 Å². The van der Waals surface area contributed by atoms with Crippen LogP contribution in [0.1, 0.15) is 5.56 Å². The van der Waals surface area contributed by atoms with Crippen LogP contribution in [0.2, 0.25) is 5.02 Å². The van der Waals surface area contributed by atoms with Crippen LogP contribution in [0.25, 0.3) is 0 Å². The second-order valence-corrected chi connectivity index (χ2v) is 5.98. The number of nitrogens with zero attached hydrogens (tertiary/aromatic N) is 1. The number of methoxy groups -OCH3 is 2. The van der Waals surface area contributed by atoms with Gasteiger partial charge in [0.25, 0.3) is 0 Å². The summed E-state index contributed by atoms with van der Waals surface area (Å²) in [6.07, 6.45) is 3.51. The molecular formula is C16H17ClN2O3S. The van der Waals surface area contributed by atoms with Crippen molar-refractivity contribution in [2.45, 2.75) is 5.75 Å². The number of carbonyl (C=O) groups is 1. The Labute approximate surface area is 144 Å². The van der Waals surface area contributed by atoms with Crippen LogP contribution in [0, 0.1) is 0 Å². The normalized spacial score (nSPS) is 10.2. The van der Waals surface area contributed by atoms with Crippen LogP contribution in [-0.4, -0.2) is 30.9 Å². The third kappa shape index (κ3) is 5.04. The molecule has 1 heterocycles. The van der Waals surface area contributed by atoms with Gasteiger partial charge in [0.05, 0.1) is 30.7 Å². The number of aromatic nitrogens is 1. The van der Waals surface area contributed by atoms with Gasteiger partial charge in [-0.05, 0) is 11.6 Å². The smallest absolute Gasteiger partial charge is 0.234 e. The second-order valence-electron chi connectivity index (χ2n) is 4.59. The fourth-order valence-corrected chi connectivity index (χ4v) is 2.89. The molecule has 122 valence electrons. The van der Waals surface area contributed by atoms with Gasteiger partial charge in [0.15, 0.2) is 0 Å². The van der Waals surface area contributed by atoms with E-state index in [0.717, 1.165) is 11.3 Å². The number of pyridine rings is 1. The molecule has 0 aliphatic rings. The molecule has 0 radical (unpaired) electrons. The largest absolute Gasteiger partial charge is 0.495 e. The lowest BCUT2D eigenvalue weighted by molar-refractivity contribution is -0.113. The number of hydrogen-bond acceptors (Lipinski definition) is 5. The van der Waals surface area contributed by atoms with Crippen molar-refractivity contribution in [2.75, 3.05) is 25.3 Å². The second kappa shape index (κ2) is 8.64. The Hall–Kier alpha value is -1.92. The standard InChI is InChI=1S/C16H17ClN2O3S/c1-21-14-7-13(15(22-2)6-12(14)17)19-16(20)10-23-9-11-4-3-5-18-8-11/h3-8H,9-10H2,1-2H3,(H,19,20). The number of thioether (sulfide) groups is 1. The number of halogens is 1. The van der Waals surface area contributed by atoms with Crippen molar-refractivity contribution < 1.29 is 14.3 Å². The zero-order valence-electron chi connectivity index (χ0n) is 12.8. The fourth-order valence-electron chi connectivity index (χ4n) is 1.89. The van der Waals surface area contributed by atoms with Gasteiger partial charge in [-0.2, -0.15) is 0 Å². The molecule has 0 spiro atoms.